The number of aromatic nitrogens is 2. The van der Waals surface area contributed by atoms with Gasteiger partial charge in [0, 0.05) is 36.6 Å². The molecule has 5 nitrogen and oxygen atoms in total. The Balaban J connectivity index is 1.95. The van der Waals surface area contributed by atoms with E-state index in [2.05, 4.69) is 20.6 Å². The largest absolute Gasteiger partial charge is 0.493 e. The molecule has 0 bridgehead atoms. The van der Waals surface area contributed by atoms with Crippen molar-refractivity contribution in [2.24, 2.45) is 0 Å². The molecular formula is C27H29F3N4O. The minimum Gasteiger partial charge on any atom is -0.493 e. The van der Waals surface area contributed by atoms with Gasteiger partial charge in [0.05, 0.1) is 18.2 Å². The average Bonchev–Trinajstić information content (AvgIpc) is 2.82. The second kappa shape index (κ2) is 11.6. The molecule has 3 aromatic rings. The minimum atomic E-state index is -1.32. The summed E-state index contributed by atoms with van der Waals surface area (Å²) in [5.74, 6) is -2.89. The number of hydrogen-bond acceptors (Lipinski definition) is 5. The van der Waals surface area contributed by atoms with Crippen LogP contribution in [0.25, 0.3) is 22.3 Å². The second-order valence-corrected chi connectivity index (χ2v) is 8.41. The summed E-state index contributed by atoms with van der Waals surface area (Å²) >= 11 is 0. The number of pyridine rings is 2. The fourth-order valence-corrected chi connectivity index (χ4v) is 3.35. The fraction of sp³-hybridized carbons (Fsp3) is 0.259. The minimum absolute atomic E-state index is 0.0912. The maximum absolute atomic E-state index is 15.4. The second-order valence-electron chi connectivity index (χ2n) is 8.41. The molecule has 184 valence electrons. The van der Waals surface area contributed by atoms with Gasteiger partial charge in [0.1, 0.15) is 11.6 Å². The number of halogens is 3. The fourth-order valence-electron chi connectivity index (χ4n) is 3.35. The molecule has 1 aromatic carbocycles. The number of benzene rings is 1. The lowest BCUT2D eigenvalue weighted by Gasteiger charge is -2.16. The normalized spacial score (nSPS) is 10.5. The third-order valence-corrected chi connectivity index (χ3v) is 5.17. The Morgan fingerprint density at radius 3 is 1.60 bits per heavy atom. The lowest BCUT2D eigenvalue weighted by atomic mass is 9.98. The summed E-state index contributed by atoms with van der Waals surface area (Å²) < 4.78 is 51.0. The molecule has 0 fully saturated rings. The van der Waals surface area contributed by atoms with E-state index >= 15 is 13.2 Å². The first kappa shape index (κ1) is 25.8. The summed E-state index contributed by atoms with van der Waals surface area (Å²) in [4.78, 5) is 8.41. The van der Waals surface area contributed by atoms with Crippen molar-refractivity contribution >= 4 is 11.6 Å². The Kier molecular flexibility index (Phi) is 8.52. The first-order valence-electron chi connectivity index (χ1n) is 11.1. The molecule has 0 atom stereocenters. The van der Waals surface area contributed by atoms with Crippen molar-refractivity contribution in [1.29, 1.82) is 0 Å². The number of nitrogens with zero attached hydrogens (tertiary/aromatic N) is 2. The first-order valence-corrected chi connectivity index (χ1v) is 11.1. The maximum atomic E-state index is 15.4. The maximum Gasteiger partial charge on any atom is 0.176 e. The number of rotatable bonds is 9. The van der Waals surface area contributed by atoms with Gasteiger partial charge < -0.3 is 15.4 Å². The van der Waals surface area contributed by atoms with E-state index in [1.165, 1.54) is 31.6 Å². The molecule has 0 unspecified atom stereocenters. The highest BCUT2D eigenvalue weighted by Gasteiger charge is 2.28. The van der Waals surface area contributed by atoms with Crippen LogP contribution in [0.2, 0.25) is 0 Å². The number of anilines is 2. The zero-order chi connectivity index (χ0) is 25.5. The molecule has 2 heterocycles. The molecule has 0 aliphatic heterocycles. The molecule has 0 aliphatic carbocycles. The van der Waals surface area contributed by atoms with Crippen LogP contribution >= 0.6 is 0 Å². The third-order valence-electron chi connectivity index (χ3n) is 5.17. The smallest absolute Gasteiger partial charge is 0.176 e. The third kappa shape index (κ3) is 6.20. The first-order chi connectivity index (χ1) is 16.7. The van der Waals surface area contributed by atoms with E-state index < -0.39 is 28.8 Å². The predicted octanol–water partition coefficient (Wildman–Crippen LogP) is 6.99. The molecule has 0 saturated carbocycles. The van der Waals surface area contributed by atoms with Gasteiger partial charge in [-0.25, -0.2) is 23.1 Å². The van der Waals surface area contributed by atoms with E-state index in [0.717, 1.165) is 11.1 Å². The van der Waals surface area contributed by atoms with Gasteiger partial charge in [0.15, 0.2) is 23.2 Å². The van der Waals surface area contributed by atoms with E-state index in [4.69, 9.17) is 4.74 Å². The molecule has 0 saturated heterocycles. The summed E-state index contributed by atoms with van der Waals surface area (Å²) in [6.45, 7) is 9.04. The zero-order valence-electron chi connectivity index (χ0n) is 20.5. The molecular weight excluding hydrogens is 453 g/mol. The highest BCUT2D eigenvalue weighted by Crippen LogP contribution is 2.42. The van der Waals surface area contributed by atoms with E-state index in [1.54, 1.807) is 12.1 Å². The van der Waals surface area contributed by atoms with Crippen molar-refractivity contribution in [1.82, 2.24) is 9.97 Å². The van der Waals surface area contributed by atoms with Crippen LogP contribution in [0.15, 0.2) is 60.0 Å². The summed E-state index contributed by atoms with van der Waals surface area (Å²) in [5.41, 5.74) is 1.70. The topological polar surface area (TPSA) is 59.1 Å². The highest BCUT2D eigenvalue weighted by atomic mass is 19.2. The van der Waals surface area contributed by atoms with E-state index in [-0.39, 0.29) is 16.7 Å². The molecule has 0 aliphatic rings. The van der Waals surface area contributed by atoms with Crippen LogP contribution in [0.4, 0.5) is 24.8 Å². The Morgan fingerprint density at radius 2 is 1.20 bits per heavy atom. The predicted molar refractivity (Wildman–Crippen MR) is 135 cm³/mol. The molecule has 3 rings (SSSR count). The van der Waals surface area contributed by atoms with Crippen LogP contribution < -0.4 is 15.4 Å². The van der Waals surface area contributed by atoms with E-state index in [9.17, 15) is 0 Å². The average molecular weight is 483 g/mol. The van der Waals surface area contributed by atoms with Gasteiger partial charge in [0.25, 0.3) is 0 Å². The van der Waals surface area contributed by atoms with Crippen molar-refractivity contribution in [3.05, 3.63) is 77.4 Å². The van der Waals surface area contributed by atoms with Gasteiger partial charge in [-0.2, -0.15) is 0 Å². The molecule has 0 spiro atoms. The van der Waals surface area contributed by atoms with Crippen LogP contribution in [-0.4, -0.2) is 30.2 Å². The van der Waals surface area contributed by atoms with Gasteiger partial charge >= 0.3 is 0 Å². The summed E-state index contributed by atoms with van der Waals surface area (Å²) in [5, 5.41) is 6.18. The Bertz CT molecular complexity index is 1230. The van der Waals surface area contributed by atoms with Crippen LogP contribution in [0, 0.1) is 17.5 Å². The Labute approximate surface area is 203 Å². The number of hydrogen-bond donors (Lipinski definition) is 2. The van der Waals surface area contributed by atoms with Gasteiger partial charge in [0.2, 0.25) is 0 Å². The quantitative estimate of drug-likeness (QED) is 0.254. The summed E-state index contributed by atoms with van der Waals surface area (Å²) in [7, 11) is 1.21. The molecule has 0 radical (unpaired) electrons. The van der Waals surface area contributed by atoms with E-state index in [1.807, 2.05) is 39.8 Å². The monoisotopic (exact) mass is 482 g/mol. The summed E-state index contributed by atoms with van der Waals surface area (Å²) in [6.07, 6.45) is 6.61. The lowest BCUT2D eigenvalue weighted by Crippen LogP contribution is -2.05. The highest BCUT2D eigenvalue weighted by molar-refractivity contribution is 5.78. The van der Waals surface area contributed by atoms with Crippen molar-refractivity contribution < 1.29 is 17.9 Å². The zero-order valence-corrected chi connectivity index (χ0v) is 20.5. The van der Waals surface area contributed by atoms with Crippen molar-refractivity contribution in [2.45, 2.75) is 27.7 Å². The van der Waals surface area contributed by atoms with Crippen LogP contribution in [0.1, 0.15) is 27.7 Å². The standard InChI is InChI=1S/C27H29F3N4O/c1-16(2)10-12-31-20-8-6-18(14-33-20)22-24(28)25(29)23(27(35-5)26(22)30)19-7-9-21(34-15-19)32-13-11-17(3)4/h6-11,14-15H,12-13H2,1-5H3,(H,31,33)(H,32,34). The van der Waals surface area contributed by atoms with Crippen molar-refractivity contribution in [3.63, 3.8) is 0 Å². The van der Waals surface area contributed by atoms with Gasteiger partial charge in [-0.3, -0.25) is 0 Å². The Hall–Kier alpha value is -3.81. The van der Waals surface area contributed by atoms with Crippen molar-refractivity contribution in [2.75, 3.05) is 30.8 Å². The van der Waals surface area contributed by atoms with E-state index in [0.29, 0.717) is 24.7 Å². The number of ether oxygens (including phenoxy) is 1. The molecule has 0 amide bonds. The van der Waals surface area contributed by atoms with Gasteiger partial charge in [-0.1, -0.05) is 23.3 Å². The van der Waals surface area contributed by atoms with Crippen molar-refractivity contribution in [3.8, 4) is 28.0 Å². The molecule has 8 heteroatoms. The molecule has 2 aromatic heterocycles. The number of allylic oxidation sites excluding steroid dienone is 2. The lowest BCUT2D eigenvalue weighted by molar-refractivity contribution is 0.380. The molecule has 2 N–H and O–H groups in total. The number of methoxy groups -OCH3 is 1. The molecule has 35 heavy (non-hydrogen) atoms. The van der Waals surface area contributed by atoms with Gasteiger partial charge in [-0.15, -0.1) is 0 Å². The SMILES string of the molecule is COc1c(F)c(-c2ccc(NCC=C(C)C)nc2)c(F)c(F)c1-c1ccc(NCC=C(C)C)nc1. The Morgan fingerprint density at radius 1 is 0.743 bits per heavy atom. The van der Waals surface area contributed by atoms with Crippen LogP contribution in [0.5, 0.6) is 5.75 Å². The summed E-state index contributed by atoms with van der Waals surface area (Å²) in [6, 6.07) is 6.20. The number of nitrogens with one attached hydrogen (secondary N) is 2. The van der Waals surface area contributed by atoms with Crippen LogP contribution in [-0.2, 0) is 0 Å². The van der Waals surface area contributed by atoms with Crippen LogP contribution in [0.3, 0.4) is 0 Å². The van der Waals surface area contributed by atoms with Gasteiger partial charge in [-0.05, 0) is 52.0 Å².